The van der Waals surface area contributed by atoms with Gasteiger partial charge in [0.15, 0.2) is 5.60 Å². The minimum absolute atomic E-state index is 0.0752. The zero-order valence-corrected chi connectivity index (χ0v) is 33.4. The lowest BCUT2D eigenvalue weighted by Crippen LogP contribution is -2.81. The van der Waals surface area contributed by atoms with Gasteiger partial charge < -0.3 is 35.6 Å². The molecule has 1 amide bonds. The molecule has 1 aromatic heterocycles. The third kappa shape index (κ3) is 4.97. The molecule has 296 valence electrons. The van der Waals surface area contributed by atoms with E-state index in [1.54, 1.807) is 0 Å². The summed E-state index contributed by atoms with van der Waals surface area (Å²) in [6.07, 6.45) is 7.82. The van der Waals surface area contributed by atoms with Gasteiger partial charge in [0, 0.05) is 90.9 Å². The van der Waals surface area contributed by atoms with Crippen LogP contribution in [0.15, 0.2) is 48.6 Å². The van der Waals surface area contributed by atoms with Gasteiger partial charge in [0.1, 0.15) is 6.10 Å². The van der Waals surface area contributed by atoms with E-state index in [9.17, 15) is 25.2 Å². The number of hydrogen-bond donors (Lipinski definition) is 6. The zero-order valence-electron chi connectivity index (χ0n) is 33.4. The Kier molecular flexibility index (Phi) is 8.74. The van der Waals surface area contributed by atoms with Crippen LogP contribution < -0.4 is 10.2 Å². The van der Waals surface area contributed by atoms with Gasteiger partial charge in [0.05, 0.1) is 11.6 Å². The van der Waals surface area contributed by atoms with Crippen LogP contribution in [-0.2, 0) is 22.0 Å². The molecule has 0 radical (unpaired) electrons. The van der Waals surface area contributed by atoms with Crippen LogP contribution in [0.4, 0.5) is 5.69 Å². The van der Waals surface area contributed by atoms with E-state index in [0.29, 0.717) is 19.4 Å². The molecule has 6 heterocycles. The molecule has 5 aliphatic heterocycles. The Hall–Kier alpha value is -3.25. The fourth-order valence-electron chi connectivity index (χ4n) is 13.5. The third-order valence-corrected chi connectivity index (χ3v) is 15.7. The summed E-state index contributed by atoms with van der Waals surface area (Å²) in [7, 11) is 2.00. The van der Waals surface area contributed by atoms with E-state index in [1.807, 2.05) is 7.05 Å². The average Bonchev–Trinajstić information content (AvgIpc) is 3.83. The van der Waals surface area contributed by atoms with Crippen molar-refractivity contribution in [2.45, 2.75) is 113 Å². The molecule has 1 saturated carbocycles. The van der Waals surface area contributed by atoms with Crippen LogP contribution in [0.25, 0.3) is 10.9 Å². The molecule has 6 aliphatic rings. The van der Waals surface area contributed by atoms with Crippen molar-refractivity contribution in [3.05, 3.63) is 76.5 Å². The second kappa shape index (κ2) is 12.9. The Morgan fingerprint density at radius 3 is 2.62 bits per heavy atom. The quantitative estimate of drug-likeness (QED) is 0.158. The number of anilines is 1. The predicted octanol–water partition coefficient (Wildman–Crippen LogP) is 3.89. The second-order valence-electron chi connectivity index (χ2n) is 18.5. The van der Waals surface area contributed by atoms with Gasteiger partial charge in [-0.2, -0.15) is 0 Å². The Labute approximate surface area is 325 Å². The lowest BCUT2D eigenvalue weighted by molar-refractivity contribution is -0.203. The first kappa shape index (κ1) is 37.3. The number of nitrogens with zero attached hydrogens (tertiary/aromatic N) is 3. The SMILES string of the molecule is CCC1(O)C[C@H]2CN(CCc3c([nH]c4ccccc34)[C@@](C)(c3cc4c(cc3C)N(C)C3C45CCN4CC=C[C@](CC)(C45)[C@@H](O)[C@]3(O)C(=O)NCCCO)C2)C1. The third-order valence-electron chi connectivity index (χ3n) is 15.7. The molecule has 10 atom stereocenters. The summed E-state index contributed by atoms with van der Waals surface area (Å²) in [5.74, 6) is -0.299. The van der Waals surface area contributed by atoms with Crippen LogP contribution in [0.1, 0.15) is 87.2 Å². The number of aryl methyl sites for hydroxylation is 1. The monoisotopic (exact) mass is 751 g/mol. The molecule has 1 aliphatic carbocycles. The number of aliphatic hydroxyl groups excluding tert-OH is 2. The number of aliphatic hydroxyl groups is 4. The number of aromatic amines is 1. The molecule has 6 N–H and O–H groups in total. The van der Waals surface area contributed by atoms with Crippen molar-refractivity contribution in [2.24, 2.45) is 11.3 Å². The fourth-order valence-corrected chi connectivity index (χ4v) is 13.5. The van der Waals surface area contributed by atoms with E-state index in [2.05, 4.69) is 101 Å². The van der Waals surface area contributed by atoms with Crippen LogP contribution in [0.3, 0.4) is 0 Å². The first-order valence-corrected chi connectivity index (χ1v) is 21.0. The van der Waals surface area contributed by atoms with Crippen molar-refractivity contribution in [1.29, 1.82) is 0 Å². The number of carbonyl (C=O) groups excluding carboxylic acids is 1. The molecule has 3 fully saturated rings. The molecular weight excluding hydrogens is 691 g/mol. The molecule has 9 rings (SSSR count). The number of hydrogen-bond acceptors (Lipinski definition) is 8. The topological polar surface area (TPSA) is 136 Å². The van der Waals surface area contributed by atoms with E-state index in [1.165, 1.54) is 22.2 Å². The summed E-state index contributed by atoms with van der Waals surface area (Å²) in [5.41, 5.74) is 3.52. The van der Waals surface area contributed by atoms with Crippen LogP contribution in [-0.4, -0.2) is 123 Å². The van der Waals surface area contributed by atoms with Gasteiger partial charge in [0.2, 0.25) is 0 Å². The van der Waals surface area contributed by atoms with E-state index in [0.717, 1.165) is 80.6 Å². The van der Waals surface area contributed by atoms with Gasteiger partial charge >= 0.3 is 0 Å². The summed E-state index contributed by atoms with van der Waals surface area (Å²) in [6, 6.07) is 12.6. The number of piperidine rings is 1. The van der Waals surface area contributed by atoms with Gasteiger partial charge in [-0.3, -0.25) is 14.6 Å². The van der Waals surface area contributed by atoms with Crippen molar-refractivity contribution < 1.29 is 25.2 Å². The van der Waals surface area contributed by atoms with Gasteiger partial charge in [-0.1, -0.05) is 50.3 Å². The molecule has 5 unspecified atom stereocenters. The highest BCUT2D eigenvalue weighted by molar-refractivity contribution is 5.90. The second-order valence-corrected chi connectivity index (χ2v) is 18.5. The summed E-state index contributed by atoms with van der Waals surface area (Å²) in [6.45, 7) is 13.1. The van der Waals surface area contributed by atoms with Crippen molar-refractivity contribution in [1.82, 2.24) is 20.1 Å². The largest absolute Gasteiger partial charge is 0.396 e. The minimum Gasteiger partial charge on any atom is -0.396 e. The first-order valence-electron chi connectivity index (χ1n) is 21.0. The predicted molar refractivity (Wildman–Crippen MR) is 215 cm³/mol. The van der Waals surface area contributed by atoms with Crippen LogP contribution >= 0.6 is 0 Å². The number of nitrogens with one attached hydrogen (secondary N) is 2. The van der Waals surface area contributed by atoms with E-state index in [4.69, 9.17) is 0 Å². The van der Waals surface area contributed by atoms with E-state index < -0.39 is 45.5 Å². The van der Waals surface area contributed by atoms with Crippen LogP contribution in [0.2, 0.25) is 0 Å². The highest BCUT2D eigenvalue weighted by Gasteiger charge is 2.78. The smallest absolute Gasteiger partial charge is 0.256 e. The number of benzene rings is 2. The average molecular weight is 752 g/mol. The highest BCUT2D eigenvalue weighted by Crippen LogP contribution is 2.67. The lowest BCUT2D eigenvalue weighted by Gasteiger charge is -2.63. The van der Waals surface area contributed by atoms with Gasteiger partial charge in [-0.15, -0.1) is 0 Å². The maximum absolute atomic E-state index is 14.5. The van der Waals surface area contributed by atoms with Crippen LogP contribution in [0, 0.1) is 18.3 Å². The number of carbonyl (C=O) groups is 1. The first-order chi connectivity index (χ1) is 26.3. The van der Waals surface area contributed by atoms with Gasteiger partial charge in [-0.05, 0) is 106 Å². The Morgan fingerprint density at radius 1 is 1.05 bits per heavy atom. The molecule has 10 nitrogen and oxygen atoms in total. The standard InChI is InChI=1S/C45H61N5O5/c1-6-42(54)25-29-24-41(4,36-31(14-19-49(26-29)27-42)30-12-8-9-13-34(30)47-36)32-23-33-35(22-28(32)3)48(5)38-44(33)16-20-50-18-10-15-43(7-2,37(44)50)39(52)45(38,55)40(53)46-17-11-21-51/h8-10,12-13,15,22-23,29,37-39,47,51-52,54-55H,6-7,11,14,16-21,24-27H2,1-5H3,(H,46,53)/t29-,37?,38?,39+,41+,42?,43+,44?,45-/m0/s1. The Balaban J connectivity index is 1.27. The summed E-state index contributed by atoms with van der Waals surface area (Å²) < 4.78 is 0. The molecule has 55 heavy (non-hydrogen) atoms. The molecule has 2 aromatic carbocycles. The number of aromatic nitrogens is 1. The lowest BCUT2D eigenvalue weighted by atomic mass is 9.47. The number of rotatable bonds is 7. The molecular formula is C45H61N5O5. The maximum Gasteiger partial charge on any atom is 0.256 e. The zero-order chi connectivity index (χ0) is 38.7. The summed E-state index contributed by atoms with van der Waals surface area (Å²) in [5, 5.41) is 51.3. The van der Waals surface area contributed by atoms with Crippen molar-refractivity contribution in [3.63, 3.8) is 0 Å². The van der Waals surface area contributed by atoms with Crippen molar-refractivity contribution in [2.75, 3.05) is 57.8 Å². The van der Waals surface area contributed by atoms with E-state index in [-0.39, 0.29) is 25.1 Å². The van der Waals surface area contributed by atoms with Gasteiger partial charge in [0.25, 0.3) is 5.91 Å². The van der Waals surface area contributed by atoms with Gasteiger partial charge in [-0.25, -0.2) is 0 Å². The minimum atomic E-state index is -2.12. The molecule has 2 bridgehead atoms. The fraction of sp³-hybridized carbons (Fsp3) is 0.622. The number of amides is 1. The van der Waals surface area contributed by atoms with E-state index >= 15 is 0 Å². The Morgan fingerprint density at radius 2 is 1.85 bits per heavy atom. The van der Waals surface area contributed by atoms with Crippen molar-refractivity contribution in [3.8, 4) is 0 Å². The maximum atomic E-state index is 14.5. The van der Waals surface area contributed by atoms with Crippen molar-refractivity contribution >= 4 is 22.5 Å². The summed E-state index contributed by atoms with van der Waals surface area (Å²) in [4.78, 5) is 25.6. The number of H-pyrrole nitrogens is 1. The molecule has 2 saturated heterocycles. The summed E-state index contributed by atoms with van der Waals surface area (Å²) >= 11 is 0. The Bertz CT molecular complexity index is 2050. The highest BCUT2D eigenvalue weighted by atomic mass is 16.4. The molecule has 1 spiro atoms. The van der Waals surface area contributed by atoms with Crippen LogP contribution in [0.5, 0.6) is 0 Å². The molecule has 10 heteroatoms. The number of para-hydroxylation sites is 1. The molecule has 3 aromatic rings. The normalized spacial score (nSPS) is 39.1. The number of fused-ring (bicyclic) bond motifs is 6. The number of likely N-dealkylation sites (N-methyl/N-ethyl adjacent to an activating group) is 1.